The van der Waals surface area contributed by atoms with Crippen molar-refractivity contribution in [3.8, 4) is 0 Å². The van der Waals surface area contributed by atoms with E-state index in [-0.39, 0.29) is 32.5 Å². The van der Waals surface area contributed by atoms with Crippen LogP contribution in [0.25, 0.3) is 11.0 Å². The van der Waals surface area contributed by atoms with Gasteiger partial charge in [0, 0.05) is 5.56 Å². The Kier molecular flexibility index (Phi) is 5.76. The number of nitrogens with zero attached hydrogens (tertiary/aromatic N) is 3. The molecule has 1 N–H and O–H groups in total. The third-order valence-corrected chi connectivity index (χ3v) is 4.54. The van der Waals surface area contributed by atoms with E-state index in [2.05, 4.69) is 15.4 Å². The van der Waals surface area contributed by atoms with E-state index in [1.807, 2.05) is 0 Å². The molecule has 0 bridgehead atoms. The summed E-state index contributed by atoms with van der Waals surface area (Å²) in [7, 11) is 0. The minimum atomic E-state index is -3.05. The van der Waals surface area contributed by atoms with E-state index in [4.69, 9.17) is 23.2 Å². The Labute approximate surface area is 166 Å². The van der Waals surface area contributed by atoms with Crippen LogP contribution >= 0.6 is 23.2 Å². The molecule has 2 aromatic heterocycles. The molecule has 11 heteroatoms. The van der Waals surface area contributed by atoms with Gasteiger partial charge in [-0.1, -0.05) is 29.3 Å². The molecule has 2 heterocycles. The normalized spacial score (nSPS) is 11.6. The molecule has 0 radical (unpaired) electrons. The molecular weight excluding hydrogens is 423 g/mol. The summed E-state index contributed by atoms with van der Waals surface area (Å²) in [6.07, 6.45) is -6.06. The minimum absolute atomic E-state index is 0.0667. The van der Waals surface area contributed by atoms with Gasteiger partial charge in [-0.05, 0) is 25.1 Å². The van der Waals surface area contributed by atoms with Crippen LogP contribution in [0.3, 0.4) is 0 Å². The number of pyridine rings is 1. The number of aryl methyl sites for hydroxylation is 1. The highest BCUT2D eigenvalue weighted by Gasteiger charge is 2.24. The van der Waals surface area contributed by atoms with Crippen LogP contribution in [0.4, 0.5) is 23.2 Å². The van der Waals surface area contributed by atoms with Crippen LogP contribution in [-0.4, -0.2) is 20.7 Å². The van der Waals surface area contributed by atoms with Gasteiger partial charge in [-0.15, -0.1) is 0 Å². The van der Waals surface area contributed by atoms with Gasteiger partial charge in [-0.2, -0.15) is 5.10 Å². The van der Waals surface area contributed by atoms with Gasteiger partial charge in [-0.25, -0.2) is 27.2 Å². The number of nitrogens with one attached hydrogen (secondary N) is 1. The van der Waals surface area contributed by atoms with Gasteiger partial charge >= 0.3 is 0 Å². The van der Waals surface area contributed by atoms with Crippen molar-refractivity contribution in [2.24, 2.45) is 0 Å². The van der Waals surface area contributed by atoms with Crippen LogP contribution in [0.5, 0.6) is 0 Å². The maximum Gasteiger partial charge on any atom is 0.280 e. The fourth-order valence-corrected chi connectivity index (χ4v) is 3.23. The first-order valence-corrected chi connectivity index (χ1v) is 8.62. The monoisotopic (exact) mass is 434 g/mol. The van der Waals surface area contributed by atoms with Crippen molar-refractivity contribution < 1.29 is 22.4 Å². The number of hydrogen-bond acceptors (Lipinski definition) is 3. The third-order valence-electron chi connectivity index (χ3n) is 3.91. The molecule has 1 amide bonds. The Morgan fingerprint density at radius 3 is 2.39 bits per heavy atom. The topological polar surface area (TPSA) is 59.8 Å². The van der Waals surface area contributed by atoms with Gasteiger partial charge in [0.25, 0.3) is 12.9 Å². The number of aromatic nitrogens is 3. The number of hydrogen-bond donors (Lipinski definition) is 1. The average Bonchev–Trinajstić information content (AvgIpc) is 2.93. The smallest absolute Gasteiger partial charge is 0.280 e. The number of benzene rings is 1. The maximum absolute atomic E-state index is 13.4. The van der Waals surface area contributed by atoms with Gasteiger partial charge in [-0.3, -0.25) is 4.79 Å². The van der Waals surface area contributed by atoms with E-state index in [1.165, 1.54) is 19.1 Å². The van der Waals surface area contributed by atoms with Crippen molar-refractivity contribution in [3.63, 3.8) is 0 Å². The Bertz CT molecular complexity index is 1040. The van der Waals surface area contributed by atoms with Crippen molar-refractivity contribution in [1.29, 1.82) is 0 Å². The summed E-state index contributed by atoms with van der Waals surface area (Å²) in [5.74, 6) is -0.637. The Balaban J connectivity index is 2.00. The van der Waals surface area contributed by atoms with Gasteiger partial charge < -0.3 is 5.32 Å². The predicted octanol–water partition coefficient (Wildman–Crippen LogP) is 5.56. The van der Waals surface area contributed by atoms with Crippen molar-refractivity contribution in [3.05, 3.63) is 51.3 Å². The van der Waals surface area contributed by atoms with Gasteiger partial charge in [0.1, 0.15) is 12.2 Å². The highest BCUT2D eigenvalue weighted by atomic mass is 35.5. The number of amides is 1. The summed E-state index contributed by atoms with van der Waals surface area (Å²) in [6, 6.07) is 5.27. The molecule has 1 aromatic carbocycles. The molecule has 0 aliphatic heterocycles. The molecule has 0 atom stereocenters. The average molecular weight is 435 g/mol. The van der Waals surface area contributed by atoms with E-state index in [1.54, 1.807) is 6.07 Å². The van der Waals surface area contributed by atoms with E-state index in [9.17, 15) is 22.4 Å². The molecule has 0 saturated heterocycles. The van der Waals surface area contributed by atoms with Crippen molar-refractivity contribution in [2.45, 2.75) is 26.3 Å². The number of rotatable bonds is 5. The highest BCUT2D eigenvalue weighted by Crippen LogP contribution is 2.33. The second kappa shape index (κ2) is 7.92. The number of halogens is 6. The van der Waals surface area contributed by atoms with Crippen molar-refractivity contribution in [2.75, 3.05) is 5.32 Å². The lowest BCUT2D eigenvalue weighted by Crippen LogP contribution is -2.20. The Morgan fingerprint density at radius 1 is 1.18 bits per heavy atom. The van der Waals surface area contributed by atoms with Gasteiger partial charge in [0.15, 0.2) is 5.65 Å². The third kappa shape index (κ3) is 3.90. The SMILES string of the molecule is Cc1nn(CC(=O)Nc2c(Cl)cccc2Cl)c2nc(C(F)F)cc(C(F)F)c12. The summed E-state index contributed by atoms with van der Waals surface area (Å²) in [6.45, 7) is 0.964. The molecule has 0 aliphatic rings. The summed E-state index contributed by atoms with van der Waals surface area (Å²) < 4.78 is 53.8. The summed E-state index contributed by atoms with van der Waals surface area (Å²) in [4.78, 5) is 16.1. The lowest BCUT2D eigenvalue weighted by molar-refractivity contribution is -0.116. The molecule has 0 fully saturated rings. The predicted molar refractivity (Wildman–Crippen MR) is 97.3 cm³/mol. The first-order valence-electron chi connectivity index (χ1n) is 7.87. The zero-order valence-corrected chi connectivity index (χ0v) is 15.7. The molecule has 0 aliphatic carbocycles. The zero-order valence-electron chi connectivity index (χ0n) is 14.2. The highest BCUT2D eigenvalue weighted by molar-refractivity contribution is 6.39. The summed E-state index contributed by atoms with van der Waals surface area (Å²) in [5, 5.41) is 6.82. The molecular formula is C17H12Cl2F4N4O. The van der Waals surface area contributed by atoms with Crippen LogP contribution in [-0.2, 0) is 11.3 Å². The fraction of sp³-hybridized carbons (Fsp3) is 0.235. The molecule has 0 unspecified atom stereocenters. The molecule has 0 saturated carbocycles. The lowest BCUT2D eigenvalue weighted by atomic mass is 10.1. The maximum atomic E-state index is 13.4. The lowest BCUT2D eigenvalue weighted by Gasteiger charge is -2.10. The second-order valence-electron chi connectivity index (χ2n) is 5.82. The van der Waals surface area contributed by atoms with Gasteiger partial charge in [0.05, 0.1) is 26.8 Å². The van der Waals surface area contributed by atoms with E-state index in [0.717, 1.165) is 4.68 Å². The standard InChI is InChI=1S/C17H12Cl2F4N4O/c1-7-13-8(15(20)21)5-11(16(22)23)24-17(13)27(26-7)6-12(28)25-14-9(18)3-2-4-10(14)19/h2-5,15-16H,6H2,1H3,(H,25,28). The van der Waals surface area contributed by atoms with Crippen LogP contribution in [0.15, 0.2) is 24.3 Å². The van der Waals surface area contributed by atoms with Crippen LogP contribution in [0, 0.1) is 6.92 Å². The van der Waals surface area contributed by atoms with Crippen molar-refractivity contribution >= 4 is 45.8 Å². The van der Waals surface area contributed by atoms with Crippen LogP contribution in [0.2, 0.25) is 10.0 Å². The van der Waals surface area contributed by atoms with Crippen LogP contribution < -0.4 is 5.32 Å². The quantitative estimate of drug-likeness (QED) is 0.534. The molecule has 0 spiro atoms. The Morgan fingerprint density at radius 2 is 1.82 bits per heavy atom. The molecule has 148 valence electrons. The minimum Gasteiger partial charge on any atom is -0.322 e. The first-order chi connectivity index (χ1) is 13.2. The largest absolute Gasteiger partial charge is 0.322 e. The molecule has 3 rings (SSSR count). The number of carbonyl (C=O) groups is 1. The second-order valence-corrected chi connectivity index (χ2v) is 6.64. The number of alkyl halides is 4. The number of fused-ring (bicyclic) bond motifs is 1. The summed E-state index contributed by atoms with van der Waals surface area (Å²) in [5.41, 5.74) is -1.36. The van der Waals surface area contributed by atoms with Crippen molar-refractivity contribution in [1.82, 2.24) is 14.8 Å². The van der Waals surface area contributed by atoms with E-state index >= 15 is 0 Å². The van der Waals surface area contributed by atoms with Crippen LogP contribution in [0.1, 0.15) is 29.8 Å². The fourth-order valence-electron chi connectivity index (χ4n) is 2.73. The number of carbonyl (C=O) groups excluding carboxylic acids is 1. The number of para-hydroxylation sites is 1. The molecule has 5 nitrogen and oxygen atoms in total. The van der Waals surface area contributed by atoms with E-state index in [0.29, 0.717) is 6.07 Å². The first kappa shape index (κ1) is 20.3. The zero-order chi connectivity index (χ0) is 20.6. The molecule has 28 heavy (non-hydrogen) atoms. The summed E-state index contributed by atoms with van der Waals surface area (Å²) >= 11 is 12.0. The number of anilines is 1. The van der Waals surface area contributed by atoms with Gasteiger partial charge in [0.2, 0.25) is 5.91 Å². The Hall–Kier alpha value is -2.39. The van der Waals surface area contributed by atoms with E-state index < -0.39 is 36.6 Å². The molecule has 3 aromatic rings.